The van der Waals surface area contributed by atoms with Gasteiger partial charge in [-0.05, 0) is 81.5 Å². The first kappa shape index (κ1) is 38.6. The molecule has 2 aromatic carbocycles. The maximum absolute atomic E-state index is 13.3. The summed E-state index contributed by atoms with van der Waals surface area (Å²) in [5, 5.41) is 16.9. The highest BCUT2D eigenvalue weighted by molar-refractivity contribution is 6.30. The summed E-state index contributed by atoms with van der Waals surface area (Å²) in [5.74, 6) is 0.946. The molecule has 0 radical (unpaired) electrons. The highest BCUT2D eigenvalue weighted by atomic mass is 35.5. The average Bonchev–Trinajstić information content (AvgIpc) is 3.53. The first-order chi connectivity index (χ1) is 29.2. The van der Waals surface area contributed by atoms with Crippen LogP contribution in [0.25, 0.3) is 16.8 Å². The number of amides is 3. The zero-order chi connectivity index (χ0) is 41.0. The minimum atomic E-state index is -0.619. The molecule has 0 bridgehead atoms. The molecule has 14 nitrogen and oxygen atoms in total. The van der Waals surface area contributed by atoms with Crippen molar-refractivity contribution in [3.8, 4) is 16.8 Å². The lowest BCUT2D eigenvalue weighted by molar-refractivity contribution is -0.136. The number of carbonyl (C=O) groups is 3. The van der Waals surface area contributed by atoms with Crippen molar-refractivity contribution in [2.45, 2.75) is 89.5 Å². The fourth-order valence-corrected chi connectivity index (χ4v) is 9.44. The van der Waals surface area contributed by atoms with Crippen molar-refractivity contribution in [1.82, 2.24) is 49.5 Å². The summed E-state index contributed by atoms with van der Waals surface area (Å²) in [6.45, 7) is 8.90. The van der Waals surface area contributed by atoms with Gasteiger partial charge in [-0.15, -0.1) is 10.2 Å². The molecule has 5 aromatic rings. The molecule has 3 fully saturated rings. The number of pyridine rings is 1. The molecule has 4 aliphatic heterocycles. The summed E-state index contributed by atoms with van der Waals surface area (Å²) in [6.07, 6.45) is 12.9. The number of hydrogen-bond donors (Lipinski definition) is 1. The van der Waals surface area contributed by atoms with Crippen molar-refractivity contribution in [1.29, 1.82) is 0 Å². The first-order valence-corrected chi connectivity index (χ1v) is 21.6. The number of halogens is 1. The molecular formula is C45H48ClN11O3. The molecule has 1 aliphatic carbocycles. The van der Waals surface area contributed by atoms with Crippen molar-refractivity contribution >= 4 is 35.0 Å². The Hall–Kier alpha value is -5.57. The SMILES string of the molecule is Cc1nnc2n1-c1ccc(-c3cnn(CCCCCCN4CCN(Cc5nccc6c5CN(C5CCC(=O)NC5=O)C6=O)CC4)c3)cc1C(c1ccc(Cl)cc1)=NC21CC1. The van der Waals surface area contributed by atoms with E-state index in [1.54, 1.807) is 17.2 Å². The second kappa shape index (κ2) is 15.8. The van der Waals surface area contributed by atoms with Crippen molar-refractivity contribution in [2.24, 2.45) is 4.99 Å². The number of rotatable bonds is 12. The molecule has 3 amide bonds. The van der Waals surface area contributed by atoms with Crippen molar-refractivity contribution < 1.29 is 14.4 Å². The van der Waals surface area contributed by atoms with E-state index in [0.29, 0.717) is 30.1 Å². The van der Waals surface area contributed by atoms with Crippen LogP contribution in [0.2, 0.25) is 5.02 Å². The Bertz CT molecular complexity index is 2510. The normalized spacial score (nSPS) is 19.8. The third kappa shape index (κ3) is 7.34. The summed E-state index contributed by atoms with van der Waals surface area (Å²) < 4.78 is 4.25. The molecule has 15 heteroatoms. The van der Waals surface area contributed by atoms with Crippen LogP contribution in [-0.4, -0.2) is 106 Å². The number of imide groups is 1. The number of unbranched alkanes of at least 4 members (excludes halogenated alkanes) is 3. The number of fused-ring (bicyclic) bond motifs is 5. The summed E-state index contributed by atoms with van der Waals surface area (Å²) in [7, 11) is 0. The lowest BCUT2D eigenvalue weighted by Gasteiger charge is -2.34. The van der Waals surface area contributed by atoms with Crippen LogP contribution in [0.5, 0.6) is 0 Å². The molecule has 1 spiro atoms. The molecule has 3 aromatic heterocycles. The van der Waals surface area contributed by atoms with Crippen LogP contribution in [0.15, 0.2) is 72.1 Å². The van der Waals surface area contributed by atoms with Gasteiger partial charge in [-0.3, -0.25) is 43.8 Å². The van der Waals surface area contributed by atoms with Gasteiger partial charge in [0, 0.05) is 97.5 Å². The standard InChI is InChI=1S/C45H48ClN11O3/c1-29-51-52-44-45(15-16-45)50-41(30-6-9-33(46)10-7-30)35-24-31(8-11-38(35)57(29)44)32-25-48-55(26-32)19-5-3-2-4-18-53-20-22-54(23-21-53)28-37-36-27-56(43(60)34(36)14-17-47-37)39-12-13-40(58)49-42(39)59/h6-11,14,17,24-26,39H,2-5,12-13,15-16,18-23,27-28H2,1H3,(H,49,58,59). The monoisotopic (exact) mass is 825 g/mol. The van der Waals surface area contributed by atoms with E-state index in [9.17, 15) is 14.4 Å². The minimum absolute atomic E-state index is 0.155. The number of nitrogens with zero attached hydrogens (tertiary/aromatic N) is 10. The number of piperazine rings is 1. The van der Waals surface area contributed by atoms with Gasteiger partial charge in [-0.2, -0.15) is 5.10 Å². The minimum Gasteiger partial charge on any atom is -0.322 e. The van der Waals surface area contributed by atoms with Gasteiger partial charge < -0.3 is 9.80 Å². The average molecular weight is 826 g/mol. The lowest BCUT2D eigenvalue weighted by atomic mass is 9.96. The van der Waals surface area contributed by atoms with Gasteiger partial charge in [0.25, 0.3) is 5.91 Å². The van der Waals surface area contributed by atoms with Gasteiger partial charge in [0.05, 0.1) is 23.3 Å². The van der Waals surface area contributed by atoms with Crippen molar-refractivity contribution in [3.63, 3.8) is 0 Å². The van der Waals surface area contributed by atoms with Crippen LogP contribution >= 0.6 is 11.6 Å². The van der Waals surface area contributed by atoms with Gasteiger partial charge >= 0.3 is 0 Å². The predicted molar refractivity (Wildman–Crippen MR) is 226 cm³/mol. The first-order valence-electron chi connectivity index (χ1n) is 21.2. The Morgan fingerprint density at radius 1 is 0.850 bits per heavy atom. The Labute approximate surface area is 353 Å². The van der Waals surface area contributed by atoms with Gasteiger partial charge in [0.1, 0.15) is 17.4 Å². The zero-order valence-corrected chi connectivity index (χ0v) is 34.6. The van der Waals surface area contributed by atoms with Crippen molar-refractivity contribution in [3.05, 3.63) is 112 Å². The van der Waals surface area contributed by atoms with E-state index >= 15 is 0 Å². The number of hydrogen-bond acceptors (Lipinski definition) is 10. The van der Waals surface area contributed by atoms with Crippen LogP contribution in [-0.2, 0) is 34.8 Å². The topological polar surface area (TPSA) is 147 Å². The highest BCUT2D eigenvalue weighted by Gasteiger charge is 2.51. The van der Waals surface area contributed by atoms with E-state index in [4.69, 9.17) is 21.7 Å². The summed E-state index contributed by atoms with van der Waals surface area (Å²) in [4.78, 5) is 54.1. The Balaban J connectivity index is 0.702. The van der Waals surface area contributed by atoms with E-state index in [0.717, 1.165) is 128 Å². The third-order valence-electron chi connectivity index (χ3n) is 12.9. The molecule has 2 saturated heterocycles. The molecule has 1 unspecified atom stereocenters. The summed E-state index contributed by atoms with van der Waals surface area (Å²) in [6, 6.07) is 15.7. The highest BCUT2D eigenvalue weighted by Crippen LogP contribution is 2.52. The maximum atomic E-state index is 13.3. The number of benzene rings is 2. The fraction of sp³-hybridized carbons (Fsp3) is 0.422. The van der Waals surface area contributed by atoms with Gasteiger partial charge in [-0.1, -0.05) is 42.6 Å². The summed E-state index contributed by atoms with van der Waals surface area (Å²) in [5.41, 5.74) is 8.31. The molecule has 1 saturated carbocycles. The zero-order valence-electron chi connectivity index (χ0n) is 33.8. The predicted octanol–water partition coefficient (Wildman–Crippen LogP) is 5.47. The van der Waals surface area contributed by atoms with E-state index in [1.807, 2.05) is 25.3 Å². The molecule has 60 heavy (non-hydrogen) atoms. The largest absolute Gasteiger partial charge is 0.322 e. The number of piperidine rings is 1. The van der Waals surface area contributed by atoms with Crippen LogP contribution < -0.4 is 5.32 Å². The smallest absolute Gasteiger partial charge is 0.255 e. The lowest BCUT2D eigenvalue weighted by Crippen LogP contribution is -2.52. The molecule has 7 heterocycles. The van der Waals surface area contributed by atoms with E-state index in [1.165, 1.54) is 6.42 Å². The van der Waals surface area contributed by atoms with Crippen LogP contribution in [0.1, 0.15) is 95.8 Å². The van der Waals surface area contributed by atoms with E-state index < -0.39 is 11.9 Å². The number of aryl methyl sites for hydroxylation is 2. The van der Waals surface area contributed by atoms with Crippen LogP contribution in [0, 0.1) is 6.92 Å². The number of carbonyl (C=O) groups excluding carboxylic acids is 3. The van der Waals surface area contributed by atoms with Crippen LogP contribution in [0.4, 0.5) is 0 Å². The fourth-order valence-electron chi connectivity index (χ4n) is 9.32. The Kier molecular flexibility index (Phi) is 10.2. The summed E-state index contributed by atoms with van der Waals surface area (Å²) >= 11 is 6.30. The second-order valence-electron chi connectivity index (χ2n) is 16.8. The second-order valence-corrected chi connectivity index (χ2v) is 17.3. The molecule has 1 atom stereocenters. The third-order valence-corrected chi connectivity index (χ3v) is 13.1. The van der Waals surface area contributed by atoms with Gasteiger partial charge in [0.15, 0.2) is 5.82 Å². The Morgan fingerprint density at radius 3 is 2.40 bits per heavy atom. The maximum Gasteiger partial charge on any atom is 0.255 e. The van der Waals surface area contributed by atoms with E-state index in [-0.39, 0.29) is 23.8 Å². The molecule has 308 valence electrons. The molecule has 5 aliphatic rings. The van der Waals surface area contributed by atoms with Crippen molar-refractivity contribution in [2.75, 3.05) is 32.7 Å². The van der Waals surface area contributed by atoms with E-state index in [2.05, 4.69) is 76.1 Å². The number of nitrogens with one attached hydrogen (secondary N) is 1. The number of aromatic nitrogens is 6. The van der Waals surface area contributed by atoms with Gasteiger partial charge in [-0.25, -0.2) is 0 Å². The Morgan fingerprint density at radius 2 is 1.62 bits per heavy atom. The van der Waals surface area contributed by atoms with Crippen LogP contribution in [0.3, 0.4) is 0 Å². The molecule has 10 rings (SSSR count). The molecule has 1 N–H and O–H groups in total. The number of aliphatic imine (C=N–C) groups is 1. The quantitative estimate of drug-likeness (QED) is 0.128. The molecular weight excluding hydrogens is 778 g/mol. The van der Waals surface area contributed by atoms with Gasteiger partial charge in [0.2, 0.25) is 11.8 Å².